The monoisotopic (exact) mass is 250 g/mol. The number of carbonyl (C=O) groups excluding carboxylic acids is 1. The van der Waals surface area contributed by atoms with E-state index < -0.39 is 0 Å². The van der Waals surface area contributed by atoms with Crippen molar-refractivity contribution in [3.05, 3.63) is 29.4 Å². The highest BCUT2D eigenvalue weighted by atomic mass is 32.1. The zero-order valence-corrected chi connectivity index (χ0v) is 10.4. The minimum Gasteiger partial charge on any atom is -0.466 e. The lowest BCUT2D eigenvalue weighted by Crippen LogP contribution is -2.05. The second-order valence-electron chi connectivity index (χ2n) is 3.53. The van der Waals surface area contributed by atoms with Crippen molar-refractivity contribution in [1.82, 2.24) is 9.97 Å². The van der Waals surface area contributed by atoms with Gasteiger partial charge in [0.15, 0.2) is 0 Å². The quantitative estimate of drug-likeness (QED) is 0.830. The first-order valence-corrected chi connectivity index (χ1v) is 6.41. The third-order valence-corrected chi connectivity index (χ3v) is 3.20. The normalized spacial score (nSPS) is 10.4. The molecule has 2 heterocycles. The Hall–Kier alpha value is -1.62. The average molecular weight is 250 g/mol. The molecule has 0 radical (unpaired) electrons. The minimum atomic E-state index is -0.165. The Labute approximate surface area is 104 Å². The lowest BCUT2D eigenvalue weighted by Gasteiger charge is -1.99. The molecule has 0 aliphatic rings. The van der Waals surface area contributed by atoms with Crippen LogP contribution in [0.3, 0.4) is 0 Å². The molecule has 0 saturated heterocycles. The molecule has 5 heteroatoms. The van der Waals surface area contributed by atoms with Gasteiger partial charge in [0, 0.05) is 18.0 Å². The highest BCUT2D eigenvalue weighted by Crippen LogP contribution is 2.22. The number of aryl methyl sites for hydroxylation is 1. The predicted octanol–water partition coefficient (Wildman–Crippen LogP) is 2.63. The van der Waals surface area contributed by atoms with Crippen LogP contribution in [0.5, 0.6) is 0 Å². The number of H-pyrrole nitrogens is 1. The Balaban J connectivity index is 1.93. The first kappa shape index (κ1) is 11.9. The number of hydrogen-bond acceptors (Lipinski definition) is 4. The molecule has 0 atom stereocenters. The molecule has 0 fully saturated rings. The van der Waals surface area contributed by atoms with Crippen LogP contribution in [-0.4, -0.2) is 22.5 Å². The van der Waals surface area contributed by atoms with E-state index in [1.807, 2.05) is 30.6 Å². The van der Waals surface area contributed by atoms with Gasteiger partial charge in [-0.2, -0.15) is 0 Å². The van der Waals surface area contributed by atoms with E-state index in [1.165, 1.54) is 0 Å². The molecule has 2 aromatic heterocycles. The molecular formula is C12H14N2O2S. The summed E-state index contributed by atoms with van der Waals surface area (Å²) < 4.78 is 4.87. The van der Waals surface area contributed by atoms with Gasteiger partial charge in [0.2, 0.25) is 0 Å². The second-order valence-corrected chi connectivity index (χ2v) is 4.39. The number of thiazole rings is 1. The zero-order valence-electron chi connectivity index (χ0n) is 9.60. The third kappa shape index (κ3) is 3.17. The van der Waals surface area contributed by atoms with Crippen LogP contribution in [-0.2, 0) is 16.0 Å². The number of nitrogens with one attached hydrogen (secondary N) is 1. The van der Waals surface area contributed by atoms with Crippen molar-refractivity contribution in [2.75, 3.05) is 6.61 Å². The molecule has 0 aliphatic heterocycles. The number of aromatic nitrogens is 2. The maximum absolute atomic E-state index is 11.2. The van der Waals surface area contributed by atoms with Gasteiger partial charge >= 0.3 is 5.97 Å². The topological polar surface area (TPSA) is 55.0 Å². The molecule has 0 unspecified atom stereocenters. The van der Waals surface area contributed by atoms with Crippen molar-refractivity contribution in [3.63, 3.8) is 0 Å². The van der Waals surface area contributed by atoms with Gasteiger partial charge in [0.25, 0.3) is 0 Å². The smallest absolute Gasteiger partial charge is 0.306 e. The van der Waals surface area contributed by atoms with E-state index in [0.717, 1.165) is 16.4 Å². The molecule has 17 heavy (non-hydrogen) atoms. The summed E-state index contributed by atoms with van der Waals surface area (Å²) in [6.45, 7) is 2.24. The Kier molecular flexibility index (Phi) is 3.93. The average Bonchev–Trinajstić information content (AvgIpc) is 2.97. The molecule has 90 valence electrons. The Morgan fingerprint density at radius 3 is 3.18 bits per heavy atom. The number of ether oxygens (including phenoxy) is 1. The largest absolute Gasteiger partial charge is 0.466 e. The molecule has 1 N–H and O–H groups in total. The molecule has 2 aromatic rings. The van der Waals surface area contributed by atoms with E-state index >= 15 is 0 Å². The molecule has 0 bridgehead atoms. The summed E-state index contributed by atoms with van der Waals surface area (Å²) in [5.41, 5.74) is 1.95. The Morgan fingerprint density at radius 2 is 2.47 bits per heavy atom. The lowest BCUT2D eigenvalue weighted by molar-refractivity contribution is -0.143. The molecule has 2 rings (SSSR count). The van der Waals surface area contributed by atoms with Gasteiger partial charge in [-0.25, -0.2) is 4.98 Å². The van der Waals surface area contributed by atoms with Crippen LogP contribution in [0.25, 0.3) is 10.7 Å². The van der Waals surface area contributed by atoms with Gasteiger partial charge in [-0.3, -0.25) is 4.79 Å². The van der Waals surface area contributed by atoms with Crippen LogP contribution in [0.4, 0.5) is 0 Å². The fourth-order valence-corrected chi connectivity index (χ4v) is 2.31. The fourth-order valence-electron chi connectivity index (χ4n) is 1.47. The van der Waals surface area contributed by atoms with E-state index in [4.69, 9.17) is 4.74 Å². The van der Waals surface area contributed by atoms with E-state index in [-0.39, 0.29) is 5.97 Å². The molecule has 4 nitrogen and oxygen atoms in total. The first-order valence-electron chi connectivity index (χ1n) is 5.53. The zero-order chi connectivity index (χ0) is 12.1. The summed E-state index contributed by atoms with van der Waals surface area (Å²) in [6.07, 6.45) is 2.90. The van der Waals surface area contributed by atoms with Crippen LogP contribution in [0, 0.1) is 0 Å². The van der Waals surface area contributed by atoms with E-state index in [1.54, 1.807) is 11.3 Å². The molecule has 0 aliphatic carbocycles. The summed E-state index contributed by atoms with van der Waals surface area (Å²) in [4.78, 5) is 18.8. The highest BCUT2D eigenvalue weighted by molar-refractivity contribution is 7.13. The van der Waals surface area contributed by atoms with Gasteiger partial charge in [0.1, 0.15) is 5.01 Å². The van der Waals surface area contributed by atoms with Crippen molar-refractivity contribution in [1.29, 1.82) is 0 Å². The summed E-state index contributed by atoms with van der Waals surface area (Å²) in [5, 5.41) is 2.93. The summed E-state index contributed by atoms with van der Waals surface area (Å²) in [7, 11) is 0. The van der Waals surface area contributed by atoms with E-state index in [2.05, 4.69) is 9.97 Å². The molecule has 0 amide bonds. The summed E-state index contributed by atoms with van der Waals surface area (Å²) in [5.74, 6) is -0.165. The van der Waals surface area contributed by atoms with Gasteiger partial charge in [-0.05, 0) is 19.1 Å². The Bertz CT molecular complexity index is 476. The molecular weight excluding hydrogens is 236 g/mol. The number of esters is 1. The second kappa shape index (κ2) is 5.63. The highest BCUT2D eigenvalue weighted by Gasteiger charge is 2.07. The van der Waals surface area contributed by atoms with Gasteiger partial charge in [-0.15, -0.1) is 11.3 Å². The summed E-state index contributed by atoms with van der Waals surface area (Å²) >= 11 is 1.58. The van der Waals surface area contributed by atoms with E-state index in [9.17, 15) is 4.79 Å². The molecule has 0 spiro atoms. The van der Waals surface area contributed by atoms with Gasteiger partial charge < -0.3 is 9.72 Å². The predicted molar refractivity (Wildman–Crippen MR) is 66.9 cm³/mol. The van der Waals surface area contributed by atoms with Crippen molar-refractivity contribution >= 4 is 17.3 Å². The summed E-state index contributed by atoms with van der Waals surface area (Å²) in [6, 6.07) is 3.92. The third-order valence-electron chi connectivity index (χ3n) is 2.27. The standard InChI is InChI=1S/C12H14N2O2S/c1-2-16-11(15)6-5-9-8-17-12(14-9)10-4-3-7-13-10/h3-4,7-8,13H,2,5-6H2,1H3. The maximum atomic E-state index is 11.2. The van der Waals surface area contributed by atoms with Gasteiger partial charge in [-0.1, -0.05) is 0 Å². The van der Waals surface area contributed by atoms with Crippen LogP contribution < -0.4 is 0 Å². The van der Waals surface area contributed by atoms with Crippen molar-refractivity contribution < 1.29 is 9.53 Å². The number of rotatable bonds is 5. The first-order chi connectivity index (χ1) is 8.29. The van der Waals surface area contributed by atoms with Gasteiger partial charge in [0.05, 0.1) is 24.4 Å². The van der Waals surface area contributed by atoms with Crippen molar-refractivity contribution in [3.8, 4) is 10.7 Å². The number of aromatic amines is 1. The SMILES string of the molecule is CCOC(=O)CCc1csc(-c2ccc[nH]2)n1. The molecule has 0 saturated carbocycles. The van der Waals surface area contributed by atoms with Crippen LogP contribution in [0.2, 0.25) is 0 Å². The number of hydrogen-bond donors (Lipinski definition) is 1. The van der Waals surface area contributed by atoms with Crippen LogP contribution in [0.15, 0.2) is 23.7 Å². The molecule has 0 aromatic carbocycles. The number of nitrogens with zero attached hydrogens (tertiary/aromatic N) is 1. The van der Waals surface area contributed by atoms with Crippen LogP contribution >= 0.6 is 11.3 Å². The minimum absolute atomic E-state index is 0.165. The number of carbonyl (C=O) groups is 1. The van der Waals surface area contributed by atoms with Crippen molar-refractivity contribution in [2.24, 2.45) is 0 Å². The van der Waals surface area contributed by atoms with E-state index in [0.29, 0.717) is 19.4 Å². The van der Waals surface area contributed by atoms with Crippen LogP contribution in [0.1, 0.15) is 19.0 Å². The van der Waals surface area contributed by atoms with Crippen molar-refractivity contribution in [2.45, 2.75) is 19.8 Å². The Morgan fingerprint density at radius 1 is 1.59 bits per heavy atom. The fraction of sp³-hybridized carbons (Fsp3) is 0.333. The lowest BCUT2D eigenvalue weighted by atomic mass is 10.2. The maximum Gasteiger partial charge on any atom is 0.306 e.